The van der Waals surface area contributed by atoms with Gasteiger partial charge in [0.05, 0.1) is 29.1 Å². The van der Waals surface area contributed by atoms with Gasteiger partial charge >= 0.3 is 18.1 Å². The van der Waals surface area contributed by atoms with Gasteiger partial charge in [0.2, 0.25) is 0 Å². The maximum absolute atomic E-state index is 14.1. The minimum atomic E-state index is -5.09. The highest BCUT2D eigenvalue weighted by molar-refractivity contribution is 6.00. The van der Waals surface area contributed by atoms with E-state index in [1.807, 2.05) is 13.8 Å². The number of aliphatic hydroxyl groups is 1. The smallest absolute Gasteiger partial charge is 0.431 e. The number of dihydropyridines is 1. The molecule has 232 valence electrons. The number of nitrogens with zero attached hydrogens (tertiary/aromatic N) is 1. The molecule has 3 rings (SSSR count). The molecule has 1 heterocycles. The van der Waals surface area contributed by atoms with Crippen LogP contribution in [-0.4, -0.2) is 60.6 Å². The largest absolute Gasteiger partial charge is 0.491 e. The summed E-state index contributed by atoms with van der Waals surface area (Å²) in [6.07, 6.45) is -5.83. The Bertz CT molecular complexity index is 1400. The number of benzene rings is 2. The molecular formula is C29H32F3N3O8. The van der Waals surface area contributed by atoms with E-state index < -0.39 is 57.6 Å². The van der Waals surface area contributed by atoms with Crippen LogP contribution in [0.2, 0.25) is 0 Å². The van der Waals surface area contributed by atoms with Gasteiger partial charge < -0.3 is 30.0 Å². The molecule has 3 N–H and O–H groups in total. The highest BCUT2D eigenvalue weighted by Gasteiger charge is 2.48. The lowest BCUT2D eigenvalue weighted by Crippen LogP contribution is -2.38. The third-order valence-electron chi connectivity index (χ3n) is 6.41. The first kappa shape index (κ1) is 33.1. The molecule has 2 aromatic rings. The summed E-state index contributed by atoms with van der Waals surface area (Å²) in [5.74, 6) is -3.91. The fraction of sp³-hybridized carbons (Fsp3) is 0.379. The van der Waals surface area contributed by atoms with Gasteiger partial charge in [-0.2, -0.15) is 13.2 Å². The van der Waals surface area contributed by atoms with Crippen molar-refractivity contribution in [3.63, 3.8) is 0 Å². The van der Waals surface area contributed by atoms with Crippen molar-refractivity contribution in [1.29, 1.82) is 0 Å². The first-order valence-electron chi connectivity index (χ1n) is 13.2. The molecule has 0 fully saturated rings. The number of nitro benzene ring substituents is 1. The summed E-state index contributed by atoms with van der Waals surface area (Å²) in [6.45, 7) is 5.14. The number of alkyl halides is 3. The lowest BCUT2D eigenvalue weighted by atomic mass is 9.79. The van der Waals surface area contributed by atoms with Crippen LogP contribution in [0.15, 0.2) is 71.1 Å². The van der Waals surface area contributed by atoms with Crippen molar-refractivity contribution in [3.8, 4) is 5.75 Å². The summed E-state index contributed by atoms with van der Waals surface area (Å²) in [4.78, 5) is 37.1. The molecule has 2 aromatic carbocycles. The second kappa shape index (κ2) is 14.2. The zero-order chi connectivity index (χ0) is 31.9. The molecule has 0 bridgehead atoms. The molecule has 43 heavy (non-hydrogen) atoms. The van der Waals surface area contributed by atoms with Crippen molar-refractivity contribution in [3.05, 3.63) is 92.3 Å². The molecule has 0 aromatic heterocycles. The SMILES string of the molecule is COC(=O)C1=C(C(F)(F)F)NC(C)=C(C(=O)OCc2ccc(OCC(O)CNC(C)C)cc2)C1c1ccccc1[N+](=O)[O-]. The minimum Gasteiger partial charge on any atom is -0.491 e. The van der Waals surface area contributed by atoms with Crippen LogP contribution in [0.5, 0.6) is 5.75 Å². The first-order valence-corrected chi connectivity index (χ1v) is 13.2. The van der Waals surface area contributed by atoms with Crippen molar-refractivity contribution >= 4 is 17.6 Å². The summed E-state index contributed by atoms with van der Waals surface area (Å²) >= 11 is 0. The second-order valence-corrected chi connectivity index (χ2v) is 9.94. The highest BCUT2D eigenvalue weighted by atomic mass is 19.4. The van der Waals surface area contributed by atoms with Gasteiger partial charge in [0, 0.05) is 29.9 Å². The van der Waals surface area contributed by atoms with Crippen LogP contribution in [0.3, 0.4) is 0 Å². The highest BCUT2D eigenvalue weighted by Crippen LogP contribution is 2.45. The van der Waals surface area contributed by atoms with Gasteiger partial charge in [0.15, 0.2) is 0 Å². The van der Waals surface area contributed by atoms with Gasteiger partial charge in [-0.25, -0.2) is 9.59 Å². The Hall–Kier alpha value is -4.43. The van der Waals surface area contributed by atoms with Crippen LogP contribution in [0.25, 0.3) is 0 Å². The molecular weight excluding hydrogens is 575 g/mol. The molecule has 0 radical (unpaired) electrons. The average molecular weight is 608 g/mol. The monoisotopic (exact) mass is 607 g/mol. The molecule has 14 heteroatoms. The Morgan fingerprint density at radius 1 is 1.09 bits per heavy atom. The van der Waals surface area contributed by atoms with E-state index in [0.29, 0.717) is 17.9 Å². The molecule has 1 aliphatic heterocycles. The number of methoxy groups -OCH3 is 1. The molecule has 0 spiro atoms. The Kier molecular flexibility index (Phi) is 10.9. The van der Waals surface area contributed by atoms with Gasteiger partial charge in [-0.15, -0.1) is 0 Å². The number of hydrogen-bond donors (Lipinski definition) is 3. The van der Waals surface area contributed by atoms with Crippen LogP contribution < -0.4 is 15.4 Å². The number of nitro groups is 1. The maximum atomic E-state index is 14.1. The zero-order valence-electron chi connectivity index (χ0n) is 23.9. The van der Waals surface area contributed by atoms with E-state index in [1.54, 1.807) is 24.3 Å². The molecule has 2 atom stereocenters. The topological polar surface area (TPSA) is 149 Å². The van der Waals surface area contributed by atoms with E-state index in [2.05, 4.69) is 15.4 Å². The molecule has 0 amide bonds. The van der Waals surface area contributed by atoms with Crippen LogP contribution in [0.4, 0.5) is 18.9 Å². The Balaban J connectivity index is 1.88. The number of halogens is 3. The number of para-hydroxylation sites is 1. The number of ether oxygens (including phenoxy) is 3. The van der Waals surface area contributed by atoms with Gasteiger partial charge in [-0.3, -0.25) is 10.1 Å². The number of allylic oxidation sites excluding steroid dienone is 2. The minimum absolute atomic E-state index is 0.0391. The van der Waals surface area contributed by atoms with E-state index in [1.165, 1.54) is 25.1 Å². The van der Waals surface area contributed by atoms with E-state index in [9.17, 15) is 38.0 Å². The predicted octanol–water partition coefficient (Wildman–Crippen LogP) is 4.03. The van der Waals surface area contributed by atoms with Crippen LogP contribution in [0.1, 0.15) is 37.8 Å². The van der Waals surface area contributed by atoms with E-state index in [-0.39, 0.29) is 30.5 Å². The normalized spacial score (nSPS) is 16.1. The van der Waals surface area contributed by atoms with Crippen molar-refractivity contribution < 1.29 is 47.0 Å². The maximum Gasteiger partial charge on any atom is 0.431 e. The van der Waals surface area contributed by atoms with E-state index in [4.69, 9.17) is 9.47 Å². The van der Waals surface area contributed by atoms with Gasteiger partial charge in [-0.05, 0) is 24.6 Å². The fourth-order valence-electron chi connectivity index (χ4n) is 4.39. The standard InChI is InChI=1S/C29H32F3N3O8/c1-16(2)33-13-19(36)15-42-20-11-9-18(10-12-20)14-43-28(38)23-17(3)34-26(29(30,31)32)25(27(37)41-4)24(23)21-7-5-6-8-22(21)35(39)40/h5-12,16,19,24,33-34,36H,13-15H2,1-4H3. The lowest BCUT2D eigenvalue weighted by molar-refractivity contribution is -0.385. The summed E-state index contributed by atoms with van der Waals surface area (Å²) in [7, 11) is 0.861. The summed E-state index contributed by atoms with van der Waals surface area (Å²) in [5, 5.41) is 27.0. The Morgan fingerprint density at radius 3 is 2.33 bits per heavy atom. The van der Waals surface area contributed by atoms with Gasteiger partial charge in [0.1, 0.15) is 30.8 Å². The number of nitrogens with one attached hydrogen (secondary N) is 2. The van der Waals surface area contributed by atoms with E-state index >= 15 is 0 Å². The van der Waals surface area contributed by atoms with Crippen LogP contribution in [-0.2, 0) is 25.7 Å². The van der Waals surface area contributed by atoms with Crippen molar-refractivity contribution in [1.82, 2.24) is 10.6 Å². The lowest BCUT2D eigenvalue weighted by Gasteiger charge is -2.31. The van der Waals surface area contributed by atoms with E-state index in [0.717, 1.165) is 13.2 Å². The molecule has 1 aliphatic rings. The number of hydrogen-bond acceptors (Lipinski definition) is 10. The molecule has 0 saturated heterocycles. The third-order valence-corrected chi connectivity index (χ3v) is 6.41. The second-order valence-electron chi connectivity index (χ2n) is 9.94. The molecule has 11 nitrogen and oxygen atoms in total. The predicted molar refractivity (Wildman–Crippen MR) is 148 cm³/mol. The van der Waals surface area contributed by atoms with Crippen molar-refractivity contribution in [2.75, 3.05) is 20.3 Å². The van der Waals surface area contributed by atoms with Gasteiger partial charge in [0.25, 0.3) is 5.69 Å². The Labute approximate surface area is 245 Å². The number of esters is 2. The summed E-state index contributed by atoms with van der Waals surface area (Å²) in [6, 6.07) is 11.4. The first-order chi connectivity index (χ1) is 20.2. The van der Waals surface area contributed by atoms with Gasteiger partial charge in [-0.1, -0.05) is 44.2 Å². The Morgan fingerprint density at radius 2 is 1.74 bits per heavy atom. The molecule has 2 unspecified atom stereocenters. The summed E-state index contributed by atoms with van der Waals surface area (Å²) in [5.41, 5.74) is -3.68. The fourth-order valence-corrected chi connectivity index (χ4v) is 4.39. The van der Waals surface area contributed by atoms with Crippen LogP contribution in [0, 0.1) is 10.1 Å². The zero-order valence-corrected chi connectivity index (χ0v) is 23.9. The molecule has 0 saturated carbocycles. The number of aliphatic hydroxyl groups excluding tert-OH is 1. The van der Waals surface area contributed by atoms with Crippen molar-refractivity contribution in [2.45, 2.75) is 51.6 Å². The molecule has 0 aliphatic carbocycles. The average Bonchev–Trinajstić information content (AvgIpc) is 2.96. The third kappa shape index (κ3) is 8.32. The number of carbonyl (C=O) groups excluding carboxylic acids is 2. The van der Waals surface area contributed by atoms with Crippen LogP contribution >= 0.6 is 0 Å². The summed E-state index contributed by atoms with van der Waals surface area (Å²) < 4.78 is 57.8. The number of rotatable bonds is 12. The quantitative estimate of drug-likeness (QED) is 0.183. The van der Waals surface area contributed by atoms with Crippen molar-refractivity contribution in [2.24, 2.45) is 0 Å². The number of carbonyl (C=O) groups is 2.